The Bertz CT molecular complexity index is 3180. The Morgan fingerprint density at radius 3 is 1.47 bits per heavy atom. The molecule has 0 N–H and O–H groups in total. The van der Waals surface area contributed by atoms with E-state index in [9.17, 15) is 0 Å². The molecule has 0 radical (unpaired) electrons. The van der Waals surface area contributed by atoms with E-state index in [0.717, 1.165) is 39.2 Å². The number of hydrogen-bond donors (Lipinski definition) is 0. The zero-order valence-electron chi connectivity index (χ0n) is 29.9. The molecule has 2 heterocycles. The van der Waals surface area contributed by atoms with E-state index in [1.54, 1.807) is 0 Å². The molecule has 3 heteroatoms. The lowest BCUT2D eigenvalue weighted by atomic mass is 9.91. The van der Waals surface area contributed by atoms with E-state index >= 15 is 0 Å². The second-order valence-corrected chi connectivity index (χ2v) is 14.2. The number of fused-ring (bicyclic) bond motifs is 9. The molecule has 0 fully saturated rings. The average molecular weight is 700 g/mol. The molecule has 0 aliphatic carbocycles. The molecule has 0 saturated carbocycles. The maximum atomic E-state index is 5.11. The van der Waals surface area contributed by atoms with Crippen LogP contribution in [0.5, 0.6) is 0 Å². The lowest BCUT2D eigenvalue weighted by molar-refractivity contribution is 1.18. The second kappa shape index (κ2) is 12.6. The zero-order valence-corrected chi connectivity index (χ0v) is 29.9. The normalized spacial score (nSPS) is 11.6. The lowest BCUT2D eigenvalue weighted by Gasteiger charge is -2.14. The van der Waals surface area contributed by atoms with Crippen molar-refractivity contribution in [3.63, 3.8) is 0 Å². The van der Waals surface area contributed by atoms with Crippen LogP contribution < -0.4 is 0 Å². The summed E-state index contributed by atoms with van der Waals surface area (Å²) in [7, 11) is 0. The van der Waals surface area contributed by atoms with Gasteiger partial charge in [0.05, 0.1) is 22.4 Å². The summed E-state index contributed by atoms with van der Waals surface area (Å²) in [5, 5.41) is 10.0. The second-order valence-electron chi connectivity index (χ2n) is 14.2. The summed E-state index contributed by atoms with van der Waals surface area (Å²) in [6.07, 6.45) is 0. The highest BCUT2D eigenvalue weighted by atomic mass is 15.0. The molecule has 55 heavy (non-hydrogen) atoms. The van der Waals surface area contributed by atoms with Gasteiger partial charge in [0.25, 0.3) is 0 Å². The van der Waals surface area contributed by atoms with E-state index in [1.165, 1.54) is 59.8 Å². The van der Waals surface area contributed by atoms with Crippen LogP contribution in [0.25, 0.3) is 105 Å². The molecule has 11 aromatic rings. The fourth-order valence-corrected chi connectivity index (χ4v) is 8.38. The van der Waals surface area contributed by atoms with Crippen LogP contribution in [0, 0.1) is 0 Å². The van der Waals surface area contributed by atoms with E-state index in [2.05, 4.69) is 193 Å². The molecule has 0 amide bonds. The van der Waals surface area contributed by atoms with Gasteiger partial charge in [-0.1, -0.05) is 152 Å². The van der Waals surface area contributed by atoms with Crippen LogP contribution in [0.2, 0.25) is 0 Å². The fraction of sp³-hybridized carbons (Fsp3) is 0. The minimum atomic E-state index is 0.706. The number of nitrogens with zero attached hydrogens (tertiary/aromatic N) is 3. The van der Waals surface area contributed by atoms with Crippen molar-refractivity contribution in [1.82, 2.24) is 14.5 Å². The molecule has 0 aliphatic rings. The third-order valence-electron chi connectivity index (χ3n) is 11.0. The third-order valence-corrected chi connectivity index (χ3v) is 11.0. The summed E-state index contributed by atoms with van der Waals surface area (Å²) >= 11 is 0. The topological polar surface area (TPSA) is 30.7 Å². The van der Waals surface area contributed by atoms with Gasteiger partial charge in [-0.2, -0.15) is 0 Å². The Morgan fingerprint density at radius 1 is 0.273 bits per heavy atom. The monoisotopic (exact) mass is 699 g/mol. The Balaban J connectivity index is 1.10. The Morgan fingerprint density at radius 2 is 0.782 bits per heavy atom. The van der Waals surface area contributed by atoms with Gasteiger partial charge in [0.2, 0.25) is 0 Å². The van der Waals surface area contributed by atoms with Crippen LogP contribution in [0.3, 0.4) is 0 Å². The molecule has 256 valence electrons. The Hall–Kier alpha value is -7.36. The first-order chi connectivity index (χ1) is 27.3. The highest BCUT2D eigenvalue weighted by Gasteiger charge is 2.17. The molecule has 0 saturated heterocycles. The van der Waals surface area contributed by atoms with E-state index in [1.807, 2.05) is 12.1 Å². The summed E-state index contributed by atoms with van der Waals surface area (Å²) in [5.41, 5.74) is 10.8. The van der Waals surface area contributed by atoms with Crippen molar-refractivity contribution in [2.24, 2.45) is 0 Å². The van der Waals surface area contributed by atoms with Gasteiger partial charge in [-0.3, -0.25) is 0 Å². The molecule has 0 aliphatic heterocycles. The predicted octanol–water partition coefficient (Wildman–Crippen LogP) is 13.7. The summed E-state index contributed by atoms with van der Waals surface area (Å²) in [6, 6.07) is 71.5. The number of rotatable bonds is 5. The molecule has 11 rings (SSSR count). The number of hydrogen-bond acceptors (Lipinski definition) is 2. The smallest absolute Gasteiger partial charge is 0.160 e. The van der Waals surface area contributed by atoms with Crippen molar-refractivity contribution in [3.8, 4) is 50.7 Å². The van der Waals surface area contributed by atoms with Crippen LogP contribution in [-0.4, -0.2) is 14.5 Å². The summed E-state index contributed by atoms with van der Waals surface area (Å²) in [5.74, 6) is 0.706. The van der Waals surface area contributed by atoms with Crippen LogP contribution in [0.15, 0.2) is 200 Å². The number of para-hydroxylation sites is 2. The van der Waals surface area contributed by atoms with Crippen molar-refractivity contribution in [2.75, 3.05) is 0 Å². The van der Waals surface area contributed by atoms with Crippen molar-refractivity contribution < 1.29 is 0 Å². The molecule has 0 unspecified atom stereocenters. The van der Waals surface area contributed by atoms with Gasteiger partial charge in [-0.15, -0.1) is 0 Å². The van der Waals surface area contributed by atoms with Crippen LogP contribution in [-0.2, 0) is 0 Å². The van der Waals surface area contributed by atoms with Crippen LogP contribution in [0.4, 0.5) is 0 Å². The number of aromatic nitrogens is 3. The lowest BCUT2D eigenvalue weighted by Crippen LogP contribution is -1.96. The molecule has 0 spiro atoms. The fourth-order valence-electron chi connectivity index (χ4n) is 8.38. The van der Waals surface area contributed by atoms with Crippen LogP contribution >= 0.6 is 0 Å². The standard InChI is InChI=1S/C52H33N3/c1-4-15-34(16-5-1)48-33-49(35-17-6-2-7-18-35)54-52(53-48)38-20-14-19-36(29-38)37-27-28-42-44(30-37)40-23-10-11-24-41(40)46-32-51-47(31-45(42)46)43-25-12-13-26-50(43)55(51)39-21-8-3-9-22-39/h1-33H. The quantitative estimate of drug-likeness (QED) is 0.167. The molecular weight excluding hydrogens is 667 g/mol. The van der Waals surface area contributed by atoms with E-state index in [-0.39, 0.29) is 0 Å². The minimum absolute atomic E-state index is 0.706. The minimum Gasteiger partial charge on any atom is -0.309 e. The van der Waals surface area contributed by atoms with Crippen molar-refractivity contribution in [3.05, 3.63) is 200 Å². The van der Waals surface area contributed by atoms with Gasteiger partial charge in [0, 0.05) is 33.2 Å². The highest BCUT2D eigenvalue weighted by Crippen LogP contribution is 2.42. The SMILES string of the molecule is c1ccc(-c2cc(-c3ccccc3)nc(-c3cccc(-c4ccc5c(c4)c4ccccc4c4cc6c(cc54)c4ccccc4n6-c4ccccc4)c3)n2)cc1. The molecule has 3 nitrogen and oxygen atoms in total. The van der Waals surface area contributed by atoms with Crippen LogP contribution in [0.1, 0.15) is 0 Å². The summed E-state index contributed by atoms with van der Waals surface area (Å²) in [4.78, 5) is 10.2. The summed E-state index contributed by atoms with van der Waals surface area (Å²) < 4.78 is 2.40. The Labute approximate surface area is 318 Å². The van der Waals surface area contributed by atoms with Gasteiger partial charge in [0.1, 0.15) is 0 Å². The Kier molecular flexibility index (Phi) is 7.17. The van der Waals surface area contributed by atoms with Gasteiger partial charge < -0.3 is 4.57 Å². The van der Waals surface area contributed by atoms with E-state index < -0.39 is 0 Å². The maximum Gasteiger partial charge on any atom is 0.160 e. The molecule has 2 aromatic heterocycles. The third kappa shape index (κ3) is 5.20. The van der Waals surface area contributed by atoms with E-state index in [4.69, 9.17) is 9.97 Å². The van der Waals surface area contributed by atoms with Gasteiger partial charge in [-0.25, -0.2) is 9.97 Å². The first-order valence-corrected chi connectivity index (χ1v) is 18.7. The van der Waals surface area contributed by atoms with Crippen molar-refractivity contribution in [1.29, 1.82) is 0 Å². The molecule has 0 atom stereocenters. The van der Waals surface area contributed by atoms with Crippen molar-refractivity contribution in [2.45, 2.75) is 0 Å². The number of benzene rings is 9. The molecule has 9 aromatic carbocycles. The highest BCUT2D eigenvalue weighted by molar-refractivity contribution is 6.29. The summed E-state index contributed by atoms with van der Waals surface area (Å²) in [6.45, 7) is 0. The largest absolute Gasteiger partial charge is 0.309 e. The molecule has 0 bridgehead atoms. The maximum absolute atomic E-state index is 5.11. The zero-order chi connectivity index (χ0) is 36.3. The first-order valence-electron chi connectivity index (χ1n) is 18.7. The van der Waals surface area contributed by atoms with Gasteiger partial charge in [-0.05, 0) is 92.0 Å². The van der Waals surface area contributed by atoms with E-state index in [0.29, 0.717) is 5.82 Å². The van der Waals surface area contributed by atoms with Crippen molar-refractivity contribution >= 4 is 54.1 Å². The van der Waals surface area contributed by atoms with Gasteiger partial charge in [0.15, 0.2) is 5.82 Å². The molecular formula is C52H33N3. The first kappa shape index (κ1) is 31.2. The average Bonchev–Trinajstić information content (AvgIpc) is 3.60. The van der Waals surface area contributed by atoms with Gasteiger partial charge >= 0.3 is 0 Å². The predicted molar refractivity (Wildman–Crippen MR) is 231 cm³/mol.